The number of halogens is 2. The maximum atomic E-state index is 12.6. The summed E-state index contributed by atoms with van der Waals surface area (Å²) >= 11 is 12.3. The van der Waals surface area contributed by atoms with E-state index in [0.29, 0.717) is 22.9 Å². The van der Waals surface area contributed by atoms with Crippen molar-refractivity contribution >= 4 is 29.1 Å². The number of aromatic hydroxyl groups is 1. The van der Waals surface area contributed by atoms with Crippen LogP contribution < -0.4 is 5.32 Å². The van der Waals surface area contributed by atoms with E-state index in [1.165, 1.54) is 5.56 Å². The van der Waals surface area contributed by atoms with Crippen LogP contribution in [0.1, 0.15) is 56.2 Å². The standard InChI is InChI=1S/C23H27Cl2NO2/c1-23(2,3)13-22(28)26-21-9-6-15-5-7-16(27)12-17(15)18(21)10-14-4-8-19(24)20(25)11-14/h4-5,7-8,11-12,18,21,27H,6,9-10,13H2,1-3H3,(H,26,28). The molecule has 1 amide bonds. The van der Waals surface area contributed by atoms with Gasteiger partial charge >= 0.3 is 0 Å². The van der Waals surface area contributed by atoms with Gasteiger partial charge in [0.2, 0.25) is 5.91 Å². The SMILES string of the molecule is CC(C)(C)CC(=O)NC1CCc2ccc(O)cc2C1Cc1ccc(Cl)c(Cl)c1. The monoisotopic (exact) mass is 419 g/mol. The third-order valence-corrected chi connectivity index (χ3v) is 5.96. The van der Waals surface area contributed by atoms with Crippen molar-refractivity contribution in [1.29, 1.82) is 0 Å². The highest BCUT2D eigenvalue weighted by molar-refractivity contribution is 6.42. The average Bonchev–Trinajstić information content (AvgIpc) is 2.58. The Morgan fingerprint density at radius 1 is 1.14 bits per heavy atom. The van der Waals surface area contributed by atoms with Gasteiger partial charge in [-0.1, -0.05) is 56.1 Å². The number of carbonyl (C=O) groups excluding carboxylic acids is 1. The molecule has 0 aliphatic heterocycles. The zero-order chi connectivity index (χ0) is 20.5. The van der Waals surface area contributed by atoms with Crippen molar-refractivity contribution < 1.29 is 9.90 Å². The number of hydrogen-bond donors (Lipinski definition) is 2. The van der Waals surface area contributed by atoms with E-state index in [-0.39, 0.29) is 29.0 Å². The number of nitrogens with one attached hydrogen (secondary N) is 1. The molecular weight excluding hydrogens is 393 g/mol. The molecule has 1 aliphatic carbocycles. The summed E-state index contributed by atoms with van der Waals surface area (Å²) in [4.78, 5) is 12.6. The number of phenolic OH excluding ortho intramolecular Hbond substituents is 1. The molecule has 0 saturated heterocycles. The second-order valence-electron chi connectivity index (χ2n) is 8.89. The van der Waals surface area contributed by atoms with Gasteiger partial charge in [-0.05, 0) is 65.6 Å². The minimum atomic E-state index is -0.0614. The van der Waals surface area contributed by atoms with Crippen molar-refractivity contribution in [2.75, 3.05) is 0 Å². The molecule has 0 fully saturated rings. The van der Waals surface area contributed by atoms with Crippen molar-refractivity contribution in [2.24, 2.45) is 5.41 Å². The predicted octanol–water partition coefficient (Wildman–Crippen LogP) is 5.89. The van der Waals surface area contributed by atoms with Gasteiger partial charge < -0.3 is 10.4 Å². The number of aryl methyl sites for hydroxylation is 1. The van der Waals surface area contributed by atoms with Gasteiger partial charge in [-0.25, -0.2) is 0 Å². The summed E-state index contributed by atoms with van der Waals surface area (Å²) in [5.41, 5.74) is 3.32. The third-order valence-electron chi connectivity index (χ3n) is 5.22. The van der Waals surface area contributed by atoms with Gasteiger partial charge in [0, 0.05) is 18.4 Å². The molecule has 2 aromatic rings. The molecule has 1 aliphatic rings. The second-order valence-corrected chi connectivity index (χ2v) is 9.71. The zero-order valence-electron chi connectivity index (χ0n) is 16.6. The lowest BCUT2D eigenvalue weighted by molar-refractivity contribution is -0.123. The van der Waals surface area contributed by atoms with E-state index in [1.54, 1.807) is 12.1 Å². The van der Waals surface area contributed by atoms with E-state index >= 15 is 0 Å². The van der Waals surface area contributed by atoms with Gasteiger partial charge in [0.05, 0.1) is 10.0 Å². The first-order chi connectivity index (χ1) is 13.1. The van der Waals surface area contributed by atoms with Crippen LogP contribution in [0.4, 0.5) is 0 Å². The molecule has 0 aromatic heterocycles. The van der Waals surface area contributed by atoms with Crippen LogP contribution in [0.2, 0.25) is 10.0 Å². The van der Waals surface area contributed by atoms with Crippen molar-refractivity contribution in [2.45, 2.75) is 58.4 Å². The molecule has 3 nitrogen and oxygen atoms in total. The Kier molecular flexibility index (Phi) is 6.26. The Balaban J connectivity index is 1.90. The summed E-state index contributed by atoms with van der Waals surface area (Å²) in [6.45, 7) is 6.19. The number of benzene rings is 2. The molecule has 0 spiro atoms. The molecule has 2 N–H and O–H groups in total. The quantitative estimate of drug-likeness (QED) is 0.648. The minimum Gasteiger partial charge on any atom is -0.508 e. The topological polar surface area (TPSA) is 49.3 Å². The van der Waals surface area contributed by atoms with Crippen LogP contribution in [0, 0.1) is 5.41 Å². The van der Waals surface area contributed by atoms with E-state index in [1.807, 2.05) is 24.3 Å². The first-order valence-electron chi connectivity index (χ1n) is 9.67. The number of amides is 1. The van der Waals surface area contributed by atoms with Crippen LogP contribution in [0.15, 0.2) is 36.4 Å². The number of phenols is 1. The van der Waals surface area contributed by atoms with Crippen LogP contribution in [-0.2, 0) is 17.6 Å². The van der Waals surface area contributed by atoms with E-state index in [4.69, 9.17) is 23.2 Å². The molecule has 0 heterocycles. The summed E-state index contributed by atoms with van der Waals surface area (Å²) in [5.74, 6) is 0.386. The second kappa shape index (κ2) is 8.34. The number of fused-ring (bicyclic) bond motifs is 1. The fourth-order valence-electron chi connectivity index (χ4n) is 3.97. The first-order valence-corrected chi connectivity index (χ1v) is 10.4. The van der Waals surface area contributed by atoms with E-state index in [9.17, 15) is 9.90 Å². The molecule has 2 atom stereocenters. The molecule has 2 unspecified atom stereocenters. The molecule has 0 radical (unpaired) electrons. The molecule has 28 heavy (non-hydrogen) atoms. The van der Waals surface area contributed by atoms with Gasteiger partial charge in [0.25, 0.3) is 0 Å². The summed E-state index contributed by atoms with van der Waals surface area (Å²) in [5, 5.41) is 14.4. The van der Waals surface area contributed by atoms with Crippen LogP contribution in [-0.4, -0.2) is 17.1 Å². The van der Waals surface area contributed by atoms with Crippen LogP contribution in [0.3, 0.4) is 0 Å². The molecular formula is C23H27Cl2NO2. The van der Waals surface area contributed by atoms with Crippen molar-refractivity contribution in [1.82, 2.24) is 5.32 Å². The largest absolute Gasteiger partial charge is 0.508 e. The molecule has 5 heteroatoms. The first kappa shape index (κ1) is 21.0. The number of hydrogen-bond acceptors (Lipinski definition) is 2. The molecule has 3 rings (SSSR count). The maximum Gasteiger partial charge on any atom is 0.220 e. The Morgan fingerprint density at radius 3 is 2.57 bits per heavy atom. The van der Waals surface area contributed by atoms with Gasteiger partial charge in [-0.2, -0.15) is 0 Å². The normalized spacial score (nSPS) is 19.2. The summed E-state index contributed by atoms with van der Waals surface area (Å²) in [7, 11) is 0. The summed E-state index contributed by atoms with van der Waals surface area (Å²) < 4.78 is 0. The molecule has 0 bridgehead atoms. The Morgan fingerprint density at radius 2 is 1.89 bits per heavy atom. The Bertz CT molecular complexity index is 873. The van der Waals surface area contributed by atoms with E-state index in [2.05, 4.69) is 26.1 Å². The molecule has 2 aromatic carbocycles. The van der Waals surface area contributed by atoms with Crippen molar-refractivity contribution in [3.63, 3.8) is 0 Å². The van der Waals surface area contributed by atoms with Gasteiger partial charge in [-0.3, -0.25) is 4.79 Å². The Hall–Kier alpha value is -1.71. The van der Waals surface area contributed by atoms with Crippen molar-refractivity contribution in [3.05, 3.63) is 63.1 Å². The van der Waals surface area contributed by atoms with Crippen molar-refractivity contribution in [3.8, 4) is 5.75 Å². The highest BCUT2D eigenvalue weighted by Gasteiger charge is 2.32. The van der Waals surface area contributed by atoms with Crippen LogP contribution in [0.5, 0.6) is 5.75 Å². The lowest BCUT2D eigenvalue weighted by atomic mass is 9.76. The number of carbonyl (C=O) groups is 1. The molecule has 0 saturated carbocycles. The minimum absolute atomic E-state index is 0.0126. The predicted molar refractivity (Wildman–Crippen MR) is 115 cm³/mol. The van der Waals surface area contributed by atoms with Gasteiger partial charge in [-0.15, -0.1) is 0 Å². The Labute approximate surface area is 177 Å². The average molecular weight is 420 g/mol. The van der Waals surface area contributed by atoms with Gasteiger partial charge in [0.15, 0.2) is 0 Å². The highest BCUT2D eigenvalue weighted by atomic mass is 35.5. The fraction of sp³-hybridized carbons (Fsp3) is 0.435. The zero-order valence-corrected chi connectivity index (χ0v) is 18.1. The summed E-state index contributed by atoms with van der Waals surface area (Å²) in [6, 6.07) is 11.2. The fourth-order valence-corrected chi connectivity index (χ4v) is 4.29. The van der Waals surface area contributed by atoms with E-state index in [0.717, 1.165) is 24.0 Å². The third kappa shape index (κ3) is 5.21. The smallest absolute Gasteiger partial charge is 0.220 e. The van der Waals surface area contributed by atoms with E-state index < -0.39 is 0 Å². The van der Waals surface area contributed by atoms with Crippen LogP contribution in [0.25, 0.3) is 0 Å². The van der Waals surface area contributed by atoms with Gasteiger partial charge in [0.1, 0.15) is 5.75 Å². The summed E-state index contributed by atoms with van der Waals surface area (Å²) in [6.07, 6.45) is 2.96. The van der Waals surface area contributed by atoms with Crippen LogP contribution >= 0.6 is 23.2 Å². The lowest BCUT2D eigenvalue weighted by Gasteiger charge is -2.35. The lowest BCUT2D eigenvalue weighted by Crippen LogP contribution is -2.43. The number of rotatable bonds is 4. The maximum absolute atomic E-state index is 12.6. The molecule has 150 valence electrons. The highest BCUT2D eigenvalue weighted by Crippen LogP contribution is 2.37.